The van der Waals surface area contributed by atoms with Crippen LogP contribution in [-0.2, 0) is 6.42 Å². The highest BCUT2D eigenvalue weighted by Crippen LogP contribution is 2.39. The van der Waals surface area contributed by atoms with Crippen LogP contribution in [0.15, 0.2) is 65.4 Å². The number of amides is 2. The van der Waals surface area contributed by atoms with E-state index in [1.807, 2.05) is 0 Å². The summed E-state index contributed by atoms with van der Waals surface area (Å²) in [6, 6.07) is 9.18. The molecule has 0 aliphatic carbocycles. The minimum Gasteiger partial charge on any atom is -0.455 e. The molecule has 0 unspecified atom stereocenters. The van der Waals surface area contributed by atoms with Crippen molar-refractivity contribution in [1.29, 1.82) is 0 Å². The Bertz CT molecular complexity index is 1610. The van der Waals surface area contributed by atoms with Gasteiger partial charge in [0.1, 0.15) is 17.2 Å². The second kappa shape index (κ2) is 11.3. The van der Waals surface area contributed by atoms with E-state index in [1.54, 1.807) is 6.92 Å². The molecular formula is C29H24F5N3O3. The quantitative estimate of drug-likeness (QED) is 0.181. The maximum Gasteiger partial charge on any atom is 0.389 e. The summed E-state index contributed by atoms with van der Waals surface area (Å²) in [4.78, 5) is 29.2. The summed E-state index contributed by atoms with van der Waals surface area (Å²) in [6.45, 7) is 5.40. The van der Waals surface area contributed by atoms with Crippen LogP contribution in [0.2, 0.25) is 0 Å². The zero-order chi connectivity index (χ0) is 29.2. The molecule has 0 fully saturated rings. The van der Waals surface area contributed by atoms with Crippen molar-refractivity contribution in [3.05, 3.63) is 89.4 Å². The predicted molar refractivity (Wildman–Crippen MR) is 139 cm³/mol. The van der Waals surface area contributed by atoms with Gasteiger partial charge in [0.2, 0.25) is 5.95 Å². The van der Waals surface area contributed by atoms with Gasteiger partial charge < -0.3 is 15.1 Å². The molecule has 0 saturated heterocycles. The molecule has 2 amide bonds. The molecule has 6 nitrogen and oxygen atoms in total. The molecule has 208 valence electrons. The van der Waals surface area contributed by atoms with Crippen molar-refractivity contribution in [2.75, 3.05) is 7.05 Å². The third kappa shape index (κ3) is 6.03. The van der Waals surface area contributed by atoms with Gasteiger partial charge in [0.05, 0.1) is 11.1 Å². The second-order valence-electron chi connectivity index (χ2n) is 8.99. The van der Waals surface area contributed by atoms with Crippen LogP contribution in [0.1, 0.15) is 46.0 Å². The number of furan rings is 1. The molecule has 4 rings (SSSR count). The van der Waals surface area contributed by atoms with Crippen molar-refractivity contribution in [2.45, 2.75) is 32.4 Å². The normalized spacial score (nSPS) is 11.5. The van der Waals surface area contributed by atoms with Crippen molar-refractivity contribution >= 4 is 22.8 Å². The minimum absolute atomic E-state index is 0.0695. The third-order valence-corrected chi connectivity index (χ3v) is 6.26. The van der Waals surface area contributed by atoms with E-state index in [4.69, 9.17) is 4.42 Å². The van der Waals surface area contributed by atoms with Gasteiger partial charge in [-0.15, -0.1) is 0 Å². The molecule has 0 bridgehead atoms. The van der Waals surface area contributed by atoms with Gasteiger partial charge in [0.15, 0.2) is 0 Å². The van der Waals surface area contributed by atoms with Gasteiger partial charge >= 0.3 is 6.18 Å². The Morgan fingerprint density at radius 3 is 2.35 bits per heavy atom. The molecule has 0 aliphatic rings. The Morgan fingerprint density at radius 2 is 1.73 bits per heavy atom. The lowest BCUT2D eigenvalue weighted by molar-refractivity contribution is -0.133. The highest BCUT2D eigenvalue weighted by Gasteiger charge is 2.29. The number of aromatic nitrogens is 1. The summed E-state index contributed by atoms with van der Waals surface area (Å²) in [7, 11) is 1.40. The fourth-order valence-electron chi connectivity index (χ4n) is 4.16. The lowest BCUT2D eigenvalue weighted by Crippen LogP contribution is -2.23. The van der Waals surface area contributed by atoms with E-state index in [1.165, 1.54) is 49.5 Å². The van der Waals surface area contributed by atoms with Gasteiger partial charge in [0.25, 0.3) is 11.8 Å². The fourth-order valence-corrected chi connectivity index (χ4v) is 4.16. The Labute approximate surface area is 225 Å². The van der Waals surface area contributed by atoms with Crippen LogP contribution in [0.4, 0.5) is 22.0 Å². The summed E-state index contributed by atoms with van der Waals surface area (Å²) in [5, 5.41) is 5.21. The van der Waals surface area contributed by atoms with Gasteiger partial charge in [-0.3, -0.25) is 9.59 Å². The van der Waals surface area contributed by atoms with Crippen LogP contribution in [0.25, 0.3) is 33.4 Å². The first kappa shape index (κ1) is 28.5. The van der Waals surface area contributed by atoms with E-state index >= 15 is 0 Å². The van der Waals surface area contributed by atoms with Crippen molar-refractivity contribution in [1.82, 2.24) is 15.6 Å². The number of hydrogen-bond acceptors (Lipinski definition) is 4. The summed E-state index contributed by atoms with van der Waals surface area (Å²) in [5.74, 6) is -2.86. The van der Waals surface area contributed by atoms with E-state index in [0.717, 1.165) is 6.20 Å². The molecule has 0 aliphatic heterocycles. The molecule has 4 aromatic rings. The molecule has 40 heavy (non-hydrogen) atoms. The van der Waals surface area contributed by atoms with Crippen LogP contribution in [0, 0.1) is 11.8 Å². The van der Waals surface area contributed by atoms with E-state index in [2.05, 4.69) is 22.2 Å². The van der Waals surface area contributed by atoms with Crippen LogP contribution < -0.4 is 10.6 Å². The molecule has 0 radical (unpaired) electrons. The molecular weight excluding hydrogens is 533 g/mol. The van der Waals surface area contributed by atoms with Crippen molar-refractivity contribution in [3.63, 3.8) is 0 Å². The Morgan fingerprint density at radius 1 is 1.02 bits per heavy atom. The SMILES string of the molecule is C=C(CC)NC(=O)c1cc(-c2cc3c(C(=O)NC)c(-c4ccc(F)cc4)oc3cc2CCC(F)(F)F)cnc1F. The molecule has 2 aromatic carbocycles. The summed E-state index contributed by atoms with van der Waals surface area (Å²) < 4.78 is 73.7. The molecule has 11 heteroatoms. The highest BCUT2D eigenvalue weighted by atomic mass is 19.4. The van der Waals surface area contributed by atoms with Crippen molar-refractivity contribution in [2.24, 2.45) is 0 Å². The number of carbonyl (C=O) groups is 2. The van der Waals surface area contributed by atoms with Gasteiger partial charge in [-0.25, -0.2) is 9.37 Å². The van der Waals surface area contributed by atoms with Crippen molar-refractivity contribution in [3.8, 4) is 22.5 Å². The van der Waals surface area contributed by atoms with Crippen LogP contribution in [-0.4, -0.2) is 30.0 Å². The number of halogens is 5. The number of alkyl halides is 3. The monoisotopic (exact) mass is 557 g/mol. The lowest BCUT2D eigenvalue weighted by atomic mass is 9.93. The first-order chi connectivity index (χ1) is 18.9. The van der Waals surface area contributed by atoms with E-state index in [9.17, 15) is 31.5 Å². The molecule has 2 aromatic heterocycles. The maximum absolute atomic E-state index is 14.5. The van der Waals surface area contributed by atoms with Gasteiger partial charge in [-0.1, -0.05) is 13.5 Å². The first-order valence-electron chi connectivity index (χ1n) is 12.2. The zero-order valence-electron chi connectivity index (χ0n) is 21.5. The van der Waals surface area contributed by atoms with Crippen molar-refractivity contribution < 1.29 is 36.0 Å². The average Bonchev–Trinajstić information content (AvgIpc) is 3.29. The Hall–Kier alpha value is -4.54. The number of carbonyl (C=O) groups excluding carboxylic acids is 2. The molecule has 2 N–H and O–H groups in total. The van der Waals surface area contributed by atoms with E-state index in [0.29, 0.717) is 17.7 Å². The topological polar surface area (TPSA) is 84.2 Å². The first-order valence-corrected chi connectivity index (χ1v) is 12.2. The summed E-state index contributed by atoms with van der Waals surface area (Å²) in [6.07, 6.45) is -4.62. The Balaban J connectivity index is 1.95. The van der Waals surface area contributed by atoms with Gasteiger partial charge in [-0.05, 0) is 66.4 Å². The van der Waals surface area contributed by atoms with Crippen LogP contribution >= 0.6 is 0 Å². The van der Waals surface area contributed by atoms with Crippen LogP contribution in [0.3, 0.4) is 0 Å². The fraction of sp³-hybridized carbons (Fsp3) is 0.207. The van der Waals surface area contributed by atoms with Gasteiger partial charge in [-0.2, -0.15) is 17.6 Å². The smallest absolute Gasteiger partial charge is 0.389 e. The second-order valence-corrected chi connectivity index (χ2v) is 8.99. The number of hydrogen-bond donors (Lipinski definition) is 2. The predicted octanol–water partition coefficient (Wildman–Crippen LogP) is 6.95. The number of allylic oxidation sites excluding steroid dienone is 1. The van der Waals surface area contributed by atoms with E-state index in [-0.39, 0.29) is 39.0 Å². The summed E-state index contributed by atoms with van der Waals surface area (Å²) >= 11 is 0. The maximum atomic E-state index is 14.5. The number of pyridine rings is 1. The molecule has 0 atom stereocenters. The van der Waals surface area contributed by atoms with Gasteiger partial charge in [0, 0.05) is 41.9 Å². The van der Waals surface area contributed by atoms with Crippen LogP contribution in [0.5, 0.6) is 0 Å². The number of benzene rings is 2. The molecule has 0 saturated carbocycles. The van der Waals surface area contributed by atoms with E-state index < -0.39 is 48.2 Å². The number of nitrogens with one attached hydrogen (secondary N) is 2. The number of aryl methyl sites for hydroxylation is 1. The average molecular weight is 558 g/mol. The number of nitrogens with zero attached hydrogens (tertiary/aromatic N) is 1. The summed E-state index contributed by atoms with van der Waals surface area (Å²) in [5.41, 5.74) is 0.984. The minimum atomic E-state index is -4.48. The Kier molecular flexibility index (Phi) is 8.03. The molecule has 2 heterocycles. The molecule has 0 spiro atoms. The number of rotatable bonds is 8. The lowest BCUT2D eigenvalue weighted by Gasteiger charge is -2.13. The largest absolute Gasteiger partial charge is 0.455 e. The third-order valence-electron chi connectivity index (χ3n) is 6.26. The zero-order valence-corrected chi connectivity index (χ0v) is 21.5. The highest BCUT2D eigenvalue weighted by molar-refractivity contribution is 6.12. The number of fused-ring (bicyclic) bond motifs is 1. The standard InChI is InChI=1S/C29H24F5N3O3/c1-4-15(2)37-27(38)22-11-18(14-36-26(22)31)20-13-21-23(12-17(20)9-10-29(32,33)34)40-25(24(21)28(39)35-3)16-5-7-19(30)8-6-16/h5-8,11-14H,2,4,9-10H2,1,3H3,(H,35,39)(H,37,38).